The second-order valence-corrected chi connectivity index (χ2v) is 13.5. The van der Waals surface area contributed by atoms with Gasteiger partial charge >= 0.3 is 0 Å². The van der Waals surface area contributed by atoms with Crippen molar-refractivity contribution in [3.63, 3.8) is 0 Å². The third kappa shape index (κ3) is 4.44. The van der Waals surface area contributed by atoms with Crippen LogP contribution in [0.15, 0.2) is 116 Å². The van der Waals surface area contributed by atoms with Gasteiger partial charge in [0.25, 0.3) is 0 Å². The summed E-state index contributed by atoms with van der Waals surface area (Å²) < 4.78 is 5.23. The van der Waals surface area contributed by atoms with Crippen LogP contribution in [0.2, 0.25) is 0 Å². The second-order valence-electron chi connectivity index (χ2n) is 13.5. The van der Waals surface area contributed by atoms with Crippen molar-refractivity contribution in [2.75, 3.05) is 0 Å². The van der Waals surface area contributed by atoms with Crippen LogP contribution in [0.4, 0.5) is 0 Å². The Labute approximate surface area is 268 Å². The van der Waals surface area contributed by atoms with Crippen molar-refractivity contribution in [1.82, 2.24) is 0 Å². The number of nitrogens with zero attached hydrogens (tertiary/aromatic N) is 2. The fourth-order valence-corrected chi connectivity index (χ4v) is 8.82. The summed E-state index contributed by atoms with van der Waals surface area (Å²) in [5, 5.41) is 5.43. The van der Waals surface area contributed by atoms with Gasteiger partial charge in [-0.2, -0.15) is 9.13 Å². The summed E-state index contributed by atoms with van der Waals surface area (Å²) in [6, 6.07) is 39.5. The lowest BCUT2D eigenvalue weighted by Gasteiger charge is -2.35. The van der Waals surface area contributed by atoms with E-state index in [1.54, 1.807) is 0 Å². The van der Waals surface area contributed by atoms with Gasteiger partial charge in [0, 0.05) is 43.4 Å². The van der Waals surface area contributed by atoms with Gasteiger partial charge in [-0.3, -0.25) is 0 Å². The Bertz CT molecular complexity index is 2050. The smallest absolute Gasteiger partial charge is 0.198 e. The molecule has 0 spiro atoms. The highest BCUT2D eigenvalue weighted by atomic mass is 15.1. The molecule has 2 aromatic heterocycles. The number of unbranched alkanes of at least 4 members (excludes halogenated alkanes) is 1. The Morgan fingerprint density at radius 2 is 1.51 bits per heavy atom. The standard InChI is InChI=1S/C43H44N2/c1-4-7-14-30-20-22-34-32(27-30)24-26-45-42(34)37-18-11-10-17-35(37)38(28-43(45,5-2)6-3)39-29-44-25-13-12-19-40(44)41-33-16-9-8-15-31(33)21-23-36(39)41/h8-13,15-27,38-39H,4-7,14,28-29H2,1-3H3/q+2. The van der Waals surface area contributed by atoms with Gasteiger partial charge in [0.15, 0.2) is 24.5 Å². The van der Waals surface area contributed by atoms with Crippen molar-refractivity contribution >= 4 is 21.5 Å². The third-order valence-corrected chi connectivity index (χ3v) is 11.3. The SMILES string of the molecule is CCCCc1ccc2c3[n+](ccc2c1)C(CC)(CC)CC(C1C[n+]2ccccc2-c2c1ccc1ccccc21)c1ccccc1-3. The number of hydrogen-bond donors (Lipinski definition) is 0. The minimum absolute atomic E-state index is 0.0206. The molecule has 4 heterocycles. The van der Waals surface area contributed by atoms with Gasteiger partial charge in [-0.05, 0) is 63.9 Å². The summed E-state index contributed by atoms with van der Waals surface area (Å²) in [6.07, 6.45) is 11.7. The number of aryl methyl sites for hydroxylation is 1. The van der Waals surface area contributed by atoms with Crippen LogP contribution >= 0.6 is 0 Å². The van der Waals surface area contributed by atoms with Crippen LogP contribution in [0, 0.1) is 0 Å². The van der Waals surface area contributed by atoms with Crippen molar-refractivity contribution in [1.29, 1.82) is 0 Å². The zero-order valence-corrected chi connectivity index (χ0v) is 27.0. The third-order valence-electron chi connectivity index (χ3n) is 11.3. The number of hydrogen-bond acceptors (Lipinski definition) is 0. The number of benzene rings is 4. The predicted octanol–water partition coefficient (Wildman–Crippen LogP) is 10.0. The van der Waals surface area contributed by atoms with E-state index in [1.165, 1.54) is 73.6 Å². The van der Waals surface area contributed by atoms with Gasteiger partial charge in [-0.15, -0.1) is 0 Å². The number of fused-ring (bicyclic) bond motifs is 10. The molecule has 2 unspecified atom stereocenters. The molecule has 4 aromatic carbocycles. The predicted molar refractivity (Wildman–Crippen MR) is 186 cm³/mol. The van der Waals surface area contributed by atoms with E-state index in [4.69, 9.17) is 0 Å². The van der Waals surface area contributed by atoms with E-state index in [1.807, 2.05) is 0 Å². The lowest BCUT2D eigenvalue weighted by Crippen LogP contribution is -2.57. The summed E-state index contributed by atoms with van der Waals surface area (Å²) in [6.45, 7) is 8.10. The molecular formula is C43H44N2+2. The van der Waals surface area contributed by atoms with Crippen LogP contribution in [0.1, 0.15) is 81.4 Å². The van der Waals surface area contributed by atoms with E-state index < -0.39 is 0 Å². The van der Waals surface area contributed by atoms with E-state index in [9.17, 15) is 0 Å². The van der Waals surface area contributed by atoms with Crippen LogP contribution in [0.3, 0.4) is 0 Å². The fourth-order valence-electron chi connectivity index (χ4n) is 8.82. The second kappa shape index (κ2) is 11.2. The van der Waals surface area contributed by atoms with Gasteiger partial charge in [-0.1, -0.05) is 93.9 Å². The van der Waals surface area contributed by atoms with E-state index in [0.29, 0.717) is 11.8 Å². The van der Waals surface area contributed by atoms with Crippen LogP contribution in [-0.4, -0.2) is 0 Å². The first-order valence-electron chi connectivity index (χ1n) is 17.2. The van der Waals surface area contributed by atoms with Gasteiger partial charge < -0.3 is 0 Å². The van der Waals surface area contributed by atoms with Crippen LogP contribution in [0.25, 0.3) is 44.1 Å². The van der Waals surface area contributed by atoms with E-state index in [0.717, 1.165) is 32.2 Å². The van der Waals surface area contributed by atoms with Crippen LogP contribution < -0.4 is 9.13 Å². The Hall–Kier alpha value is -4.30. The van der Waals surface area contributed by atoms with Gasteiger partial charge in [-0.25, -0.2) is 0 Å². The maximum atomic E-state index is 2.70. The summed E-state index contributed by atoms with van der Waals surface area (Å²) >= 11 is 0. The first kappa shape index (κ1) is 28.2. The van der Waals surface area contributed by atoms with E-state index >= 15 is 0 Å². The molecule has 2 heteroatoms. The molecule has 6 aromatic rings. The summed E-state index contributed by atoms with van der Waals surface area (Å²) in [7, 11) is 0. The number of pyridine rings is 2. The minimum Gasteiger partial charge on any atom is -0.198 e. The molecule has 2 nitrogen and oxygen atoms in total. The first-order chi connectivity index (χ1) is 22.2. The quantitative estimate of drug-likeness (QED) is 0.171. The summed E-state index contributed by atoms with van der Waals surface area (Å²) in [4.78, 5) is 0. The first-order valence-corrected chi connectivity index (χ1v) is 17.2. The van der Waals surface area contributed by atoms with Gasteiger partial charge in [0.2, 0.25) is 11.4 Å². The zero-order chi connectivity index (χ0) is 30.5. The lowest BCUT2D eigenvalue weighted by molar-refractivity contribution is -0.756. The highest BCUT2D eigenvalue weighted by Gasteiger charge is 2.49. The molecule has 8 rings (SSSR count). The maximum absolute atomic E-state index is 2.70. The van der Waals surface area contributed by atoms with Crippen molar-refractivity contribution < 1.29 is 9.13 Å². The largest absolute Gasteiger partial charge is 0.221 e. The Kier molecular flexibility index (Phi) is 7.05. The Morgan fingerprint density at radius 1 is 0.689 bits per heavy atom. The van der Waals surface area contributed by atoms with E-state index in [2.05, 4.69) is 145 Å². The number of rotatable bonds is 6. The van der Waals surface area contributed by atoms with Gasteiger partial charge in [0.05, 0.1) is 22.4 Å². The Balaban J connectivity index is 1.38. The molecule has 2 aliphatic rings. The number of aromatic nitrogens is 2. The molecular weight excluding hydrogens is 544 g/mol. The molecule has 0 saturated carbocycles. The summed E-state index contributed by atoms with van der Waals surface area (Å²) in [5.41, 5.74) is 10.0. The highest BCUT2D eigenvalue weighted by Crippen LogP contribution is 2.51. The lowest BCUT2D eigenvalue weighted by atomic mass is 9.70. The monoisotopic (exact) mass is 588 g/mol. The van der Waals surface area contributed by atoms with Crippen molar-refractivity contribution in [3.8, 4) is 22.5 Å². The molecule has 0 amide bonds. The fraction of sp³-hybridized carbons (Fsp3) is 0.302. The summed E-state index contributed by atoms with van der Waals surface area (Å²) in [5.74, 6) is 0.741. The highest BCUT2D eigenvalue weighted by molar-refractivity contribution is 5.98. The molecule has 0 bridgehead atoms. The molecule has 224 valence electrons. The van der Waals surface area contributed by atoms with Crippen molar-refractivity contribution in [2.45, 2.75) is 83.2 Å². The molecule has 0 fully saturated rings. The van der Waals surface area contributed by atoms with Crippen LogP contribution in [-0.2, 0) is 18.5 Å². The molecule has 2 aliphatic heterocycles. The zero-order valence-electron chi connectivity index (χ0n) is 27.0. The van der Waals surface area contributed by atoms with Gasteiger partial charge in [0.1, 0.15) is 0 Å². The molecule has 2 atom stereocenters. The average molecular weight is 589 g/mol. The molecule has 45 heavy (non-hydrogen) atoms. The average Bonchev–Trinajstić information content (AvgIpc) is 3.23. The van der Waals surface area contributed by atoms with Crippen molar-refractivity contribution in [3.05, 3.63) is 132 Å². The topological polar surface area (TPSA) is 7.76 Å². The van der Waals surface area contributed by atoms with Crippen LogP contribution in [0.5, 0.6) is 0 Å². The van der Waals surface area contributed by atoms with E-state index in [-0.39, 0.29) is 5.54 Å². The minimum atomic E-state index is 0.0206. The Morgan fingerprint density at radius 3 is 2.38 bits per heavy atom. The molecule has 0 N–H and O–H groups in total. The maximum Gasteiger partial charge on any atom is 0.221 e. The molecule has 0 saturated heterocycles. The molecule has 0 radical (unpaired) electrons. The van der Waals surface area contributed by atoms with Crippen molar-refractivity contribution in [2.24, 2.45) is 0 Å². The normalized spacial score (nSPS) is 18.1. The molecule has 0 aliphatic carbocycles.